The summed E-state index contributed by atoms with van der Waals surface area (Å²) >= 11 is 0. The van der Waals surface area contributed by atoms with Crippen LogP contribution in [0.5, 0.6) is 11.5 Å². The molecule has 0 bridgehead atoms. The maximum absolute atomic E-state index is 12.1. The van der Waals surface area contributed by atoms with Crippen LogP contribution in [0.4, 0.5) is 11.5 Å². The first-order valence-electron chi connectivity index (χ1n) is 14.4. The molecule has 218 valence electrons. The van der Waals surface area contributed by atoms with E-state index in [1.165, 1.54) is 31.0 Å². The van der Waals surface area contributed by atoms with Crippen molar-refractivity contribution in [1.29, 1.82) is 0 Å². The molecule has 12 heteroatoms. The molecule has 2 aliphatic heterocycles. The van der Waals surface area contributed by atoms with E-state index in [9.17, 15) is 9.59 Å². The number of guanidine groups is 1. The second kappa shape index (κ2) is 14.7. The average molecular weight is 554 g/mol. The molecule has 0 radical (unpaired) electrons. The summed E-state index contributed by atoms with van der Waals surface area (Å²) in [6.45, 7) is 3.83. The van der Waals surface area contributed by atoms with Gasteiger partial charge in [0.25, 0.3) is 0 Å². The van der Waals surface area contributed by atoms with E-state index in [-0.39, 0.29) is 17.6 Å². The summed E-state index contributed by atoms with van der Waals surface area (Å²) in [5.74, 6) is 2.71. The first-order valence-corrected chi connectivity index (χ1v) is 14.4. The molecular weight excluding hydrogens is 510 g/mol. The van der Waals surface area contributed by atoms with Gasteiger partial charge in [-0.25, -0.2) is 4.79 Å². The maximum atomic E-state index is 12.1. The lowest BCUT2D eigenvalue weighted by Crippen LogP contribution is -2.43. The maximum Gasteiger partial charge on any atom is 0.346 e. The van der Waals surface area contributed by atoms with Crippen molar-refractivity contribution < 1.29 is 9.53 Å². The Hall–Kier alpha value is -3.64. The third-order valence-electron chi connectivity index (χ3n) is 7.62. The van der Waals surface area contributed by atoms with Crippen molar-refractivity contribution in [2.45, 2.75) is 69.7 Å². The van der Waals surface area contributed by atoms with Crippen molar-refractivity contribution in [1.82, 2.24) is 20.2 Å². The fourth-order valence-corrected chi connectivity index (χ4v) is 5.57. The molecule has 2 fully saturated rings. The third kappa shape index (κ3) is 8.18. The minimum Gasteiger partial charge on any atom is -0.450 e. The Morgan fingerprint density at radius 2 is 1.88 bits per heavy atom. The Morgan fingerprint density at radius 1 is 1.10 bits per heavy atom. The molecule has 1 aliphatic carbocycles. The van der Waals surface area contributed by atoms with Crippen molar-refractivity contribution in [2.24, 2.45) is 22.2 Å². The molecule has 0 unspecified atom stereocenters. The van der Waals surface area contributed by atoms with Gasteiger partial charge in [-0.1, -0.05) is 25.3 Å². The number of H-pyrrole nitrogens is 1. The molecule has 5 rings (SSSR count). The SMILES string of the molecule is NCCC(=O)N(CCCN=C(N)N)C1CCCCC1.O=c1ncc2c([nH]1)Nc1cc(C3CCNCC3)ccc1O2. The molecule has 9 N–H and O–H groups in total. The zero-order valence-electron chi connectivity index (χ0n) is 23.2. The van der Waals surface area contributed by atoms with Gasteiger partial charge in [0, 0.05) is 32.1 Å². The van der Waals surface area contributed by atoms with Crippen molar-refractivity contribution in [2.75, 3.05) is 38.0 Å². The number of ether oxygens (including phenoxy) is 1. The number of rotatable bonds is 8. The Morgan fingerprint density at radius 3 is 2.60 bits per heavy atom. The Kier molecular flexibility index (Phi) is 10.8. The van der Waals surface area contributed by atoms with Crippen LogP contribution in [0.2, 0.25) is 0 Å². The van der Waals surface area contributed by atoms with E-state index in [0.29, 0.717) is 43.0 Å². The number of benzene rings is 1. The van der Waals surface area contributed by atoms with Gasteiger partial charge in [-0.15, -0.1) is 0 Å². The third-order valence-corrected chi connectivity index (χ3v) is 7.62. The molecular formula is C28H43N9O3. The van der Waals surface area contributed by atoms with E-state index in [1.807, 2.05) is 11.0 Å². The van der Waals surface area contributed by atoms with Crippen molar-refractivity contribution in [3.05, 3.63) is 40.4 Å². The fourth-order valence-electron chi connectivity index (χ4n) is 5.57. The number of aliphatic imine (C=N–C) groups is 1. The number of piperidine rings is 1. The molecule has 40 heavy (non-hydrogen) atoms. The summed E-state index contributed by atoms with van der Waals surface area (Å²) in [5.41, 5.74) is 17.9. The molecule has 1 saturated heterocycles. The lowest BCUT2D eigenvalue weighted by molar-refractivity contribution is -0.134. The van der Waals surface area contributed by atoms with Crippen LogP contribution in [-0.4, -0.2) is 65.5 Å². The number of hydrogen-bond acceptors (Lipinski definition) is 8. The molecule has 0 atom stereocenters. The van der Waals surface area contributed by atoms with Gasteiger partial charge in [-0.05, 0) is 68.8 Å². The molecule has 1 aromatic heterocycles. The van der Waals surface area contributed by atoms with Crippen LogP contribution in [0.3, 0.4) is 0 Å². The number of nitrogens with zero attached hydrogens (tertiary/aromatic N) is 3. The summed E-state index contributed by atoms with van der Waals surface area (Å²) in [6, 6.07) is 6.61. The highest BCUT2D eigenvalue weighted by Gasteiger charge is 2.24. The Labute approximate surface area is 235 Å². The van der Waals surface area contributed by atoms with Crippen LogP contribution in [0.25, 0.3) is 0 Å². The number of carbonyl (C=O) groups is 1. The van der Waals surface area contributed by atoms with Crippen LogP contribution < -0.4 is 38.3 Å². The van der Waals surface area contributed by atoms with Crippen molar-refractivity contribution in [3.63, 3.8) is 0 Å². The molecule has 1 amide bonds. The van der Waals surface area contributed by atoms with Gasteiger partial charge in [0.2, 0.25) is 5.91 Å². The molecule has 3 aliphatic rings. The van der Waals surface area contributed by atoms with E-state index < -0.39 is 0 Å². The van der Waals surface area contributed by atoms with Gasteiger partial charge < -0.3 is 37.5 Å². The standard InChI is InChI=1S/C15H16N4O2.C13H27N5O/c20-15-17-8-13-14(19-15)18-11-7-10(1-2-12(11)21-13)9-3-5-16-6-4-9;14-8-7-12(19)18(10-4-9-17-13(15)16)11-5-2-1-3-6-11/h1-2,7-9,16H,3-6H2,(H2,17,18,19,20);11H,1-10,14H2,(H4,15,16,17). The second-order valence-corrected chi connectivity index (χ2v) is 10.5. The average Bonchev–Trinajstić information content (AvgIpc) is 2.97. The Balaban J connectivity index is 0.000000186. The predicted molar refractivity (Wildman–Crippen MR) is 157 cm³/mol. The number of amides is 1. The first kappa shape index (κ1) is 29.3. The minimum absolute atomic E-state index is 0.109. The van der Waals surface area contributed by atoms with E-state index in [1.54, 1.807) is 0 Å². The van der Waals surface area contributed by atoms with E-state index in [2.05, 4.69) is 37.7 Å². The van der Waals surface area contributed by atoms with E-state index in [4.69, 9.17) is 21.9 Å². The topological polar surface area (TPSA) is 190 Å². The normalized spacial score (nSPS) is 16.7. The molecule has 1 aromatic carbocycles. The van der Waals surface area contributed by atoms with Gasteiger partial charge in [-0.3, -0.25) is 14.8 Å². The highest BCUT2D eigenvalue weighted by molar-refractivity contribution is 5.77. The van der Waals surface area contributed by atoms with Crippen LogP contribution in [0.1, 0.15) is 69.3 Å². The number of nitrogens with one attached hydrogen (secondary N) is 3. The lowest BCUT2D eigenvalue weighted by Gasteiger charge is -2.34. The summed E-state index contributed by atoms with van der Waals surface area (Å²) in [7, 11) is 0. The Bertz CT molecular complexity index is 1200. The number of carbonyl (C=O) groups excluding carboxylic acids is 1. The highest BCUT2D eigenvalue weighted by atomic mass is 16.5. The zero-order valence-corrected chi connectivity index (χ0v) is 23.2. The molecule has 12 nitrogen and oxygen atoms in total. The lowest BCUT2D eigenvalue weighted by atomic mass is 9.90. The number of aromatic nitrogens is 2. The largest absolute Gasteiger partial charge is 0.450 e. The van der Waals surface area contributed by atoms with Crippen LogP contribution in [-0.2, 0) is 4.79 Å². The van der Waals surface area contributed by atoms with E-state index in [0.717, 1.165) is 63.2 Å². The summed E-state index contributed by atoms with van der Waals surface area (Å²) in [6.07, 6.45) is 10.9. The first-order chi connectivity index (χ1) is 19.4. The van der Waals surface area contributed by atoms with Gasteiger partial charge in [0.15, 0.2) is 23.3 Å². The fraction of sp³-hybridized carbons (Fsp3) is 0.571. The van der Waals surface area contributed by atoms with Gasteiger partial charge in [0.1, 0.15) is 0 Å². The summed E-state index contributed by atoms with van der Waals surface area (Å²) < 4.78 is 5.77. The number of anilines is 2. The molecule has 0 spiro atoms. The second-order valence-electron chi connectivity index (χ2n) is 10.5. The molecule has 1 saturated carbocycles. The van der Waals surface area contributed by atoms with Crippen molar-refractivity contribution >= 4 is 23.4 Å². The van der Waals surface area contributed by atoms with Gasteiger partial charge >= 0.3 is 5.69 Å². The molecule has 2 aromatic rings. The van der Waals surface area contributed by atoms with Crippen molar-refractivity contribution in [3.8, 4) is 11.5 Å². The van der Waals surface area contributed by atoms with Crippen LogP contribution >= 0.6 is 0 Å². The zero-order chi connectivity index (χ0) is 28.3. The van der Waals surface area contributed by atoms with Gasteiger partial charge in [0.05, 0.1) is 11.9 Å². The number of fused-ring (bicyclic) bond motifs is 2. The predicted octanol–water partition coefficient (Wildman–Crippen LogP) is 2.25. The monoisotopic (exact) mass is 553 g/mol. The van der Waals surface area contributed by atoms with Crippen LogP contribution in [0, 0.1) is 0 Å². The van der Waals surface area contributed by atoms with E-state index >= 15 is 0 Å². The number of aromatic amines is 1. The number of nitrogens with two attached hydrogens (primary N) is 3. The summed E-state index contributed by atoms with van der Waals surface area (Å²) in [4.78, 5) is 35.7. The number of hydrogen-bond donors (Lipinski definition) is 6. The molecule has 3 heterocycles. The quantitative estimate of drug-likeness (QED) is 0.138. The smallest absolute Gasteiger partial charge is 0.346 e. The summed E-state index contributed by atoms with van der Waals surface area (Å²) in [5, 5.41) is 6.60. The van der Waals surface area contributed by atoms with Crippen LogP contribution in [0.15, 0.2) is 34.2 Å². The highest BCUT2D eigenvalue weighted by Crippen LogP contribution is 2.41. The minimum atomic E-state index is -0.386. The van der Waals surface area contributed by atoms with Gasteiger partial charge in [-0.2, -0.15) is 4.98 Å².